The number of nitrogens with one attached hydrogen (secondary N) is 2. The number of likely N-dealkylation sites (tertiary alicyclic amines) is 2. The minimum atomic E-state index is -0.302. The number of nitrogens with two attached hydrogens (primary N) is 3. The SMILES string of the molecule is C#Cc1ccc(CNC=O)cc1.CC(C)(C)CC(=O)N1CCC(O)C1.CC1c2c([nH]c(N)c2/C=C(\N)c2ccccc2O)CCN1C1CCC(N2CCC(CN3CCN(C(N)=O)CC3)CC2)CC1. The van der Waals surface area contributed by atoms with Gasteiger partial charge in [-0.1, -0.05) is 51.0 Å². The summed E-state index contributed by atoms with van der Waals surface area (Å²) in [5, 5.41) is 22.1. The Bertz CT molecular complexity index is 2190. The third kappa shape index (κ3) is 14.3. The number of hydrogen-bond donors (Lipinski definition) is 7. The molecule has 8 rings (SSSR count). The third-order valence-electron chi connectivity index (χ3n) is 14.5. The molecule has 0 bridgehead atoms. The van der Waals surface area contributed by atoms with E-state index < -0.39 is 0 Å². The summed E-state index contributed by atoms with van der Waals surface area (Å²) in [4.78, 5) is 47.9. The van der Waals surface area contributed by atoms with E-state index in [4.69, 9.17) is 23.6 Å². The summed E-state index contributed by atoms with van der Waals surface area (Å²) >= 11 is 0. The van der Waals surface area contributed by atoms with E-state index in [2.05, 4.69) is 58.6 Å². The number of carbonyl (C=O) groups is 3. The van der Waals surface area contributed by atoms with Gasteiger partial charge in [-0.15, -0.1) is 6.42 Å². The lowest BCUT2D eigenvalue weighted by atomic mass is 9.84. The van der Waals surface area contributed by atoms with Crippen LogP contribution in [0.4, 0.5) is 10.6 Å². The fourth-order valence-corrected chi connectivity index (χ4v) is 10.7. The molecule has 3 aromatic rings. The molecule has 15 heteroatoms. The zero-order valence-corrected chi connectivity index (χ0v) is 41.0. The molecule has 1 aromatic heterocycles. The summed E-state index contributed by atoms with van der Waals surface area (Å²) in [7, 11) is 0. The fraction of sp³-hybridized carbons (Fsp3) is 0.566. The van der Waals surface area contributed by atoms with E-state index in [1.165, 1.54) is 62.9 Å². The number of terminal acetylenes is 1. The zero-order valence-electron chi connectivity index (χ0n) is 41.0. The van der Waals surface area contributed by atoms with Gasteiger partial charge in [-0.2, -0.15) is 0 Å². The molecule has 3 saturated heterocycles. The van der Waals surface area contributed by atoms with Crippen molar-refractivity contribution in [3.63, 3.8) is 0 Å². The van der Waals surface area contributed by atoms with Crippen LogP contribution in [0.2, 0.25) is 0 Å². The van der Waals surface area contributed by atoms with Gasteiger partial charge in [0.05, 0.1) is 6.10 Å². The number of amides is 4. The topological polar surface area (TPSA) is 214 Å². The summed E-state index contributed by atoms with van der Waals surface area (Å²) in [5.41, 5.74) is 24.9. The quantitative estimate of drug-likeness (QED) is 0.103. The molecule has 5 heterocycles. The van der Waals surface area contributed by atoms with Crippen LogP contribution in [0.3, 0.4) is 0 Å². The van der Waals surface area contributed by atoms with E-state index in [1.54, 1.807) is 21.9 Å². The average molecular weight is 935 g/mol. The van der Waals surface area contributed by atoms with E-state index in [0.717, 1.165) is 81.3 Å². The van der Waals surface area contributed by atoms with E-state index in [0.29, 0.717) is 55.1 Å². The molecule has 5 aliphatic rings. The number of rotatable bonds is 10. The summed E-state index contributed by atoms with van der Waals surface area (Å²) in [6.07, 6.45) is 17.3. The third-order valence-corrected chi connectivity index (χ3v) is 14.5. The fourth-order valence-electron chi connectivity index (χ4n) is 10.7. The van der Waals surface area contributed by atoms with Crippen LogP contribution in [-0.2, 0) is 22.6 Å². The van der Waals surface area contributed by atoms with Gasteiger partial charge in [0, 0.05) is 118 Å². The Kier molecular flexibility index (Phi) is 18.4. The molecule has 370 valence electrons. The molecule has 1 saturated carbocycles. The predicted octanol–water partition coefficient (Wildman–Crippen LogP) is 5.33. The molecule has 68 heavy (non-hydrogen) atoms. The van der Waals surface area contributed by atoms with Crippen molar-refractivity contribution in [1.82, 2.24) is 34.8 Å². The highest BCUT2D eigenvalue weighted by Crippen LogP contribution is 2.41. The van der Waals surface area contributed by atoms with Crippen molar-refractivity contribution >= 4 is 35.9 Å². The van der Waals surface area contributed by atoms with Crippen molar-refractivity contribution in [1.29, 1.82) is 0 Å². The molecule has 4 amide bonds. The number of piperidine rings is 1. The second-order valence-corrected chi connectivity index (χ2v) is 20.6. The number of H-pyrrole nitrogens is 1. The lowest BCUT2D eigenvalue weighted by Gasteiger charge is -2.46. The maximum Gasteiger partial charge on any atom is 0.314 e. The van der Waals surface area contributed by atoms with Gasteiger partial charge in [-0.3, -0.25) is 19.4 Å². The standard InChI is InChI=1S/C33H50N8O2.C10H19NO2.C10H9NO/c1-22-31-27(20-28(34)26-4-2-3-5-30(26)42)32(35)37-29(31)12-15-41(22)25-8-6-24(7-9-25)39-13-10-23(11-14-39)21-38-16-18-40(19-17-38)33(36)43;1-10(2,3)6-9(13)11-5-4-8(12)7-11;1-2-9-3-5-10(6-4-9)7-11-8-12/h2-5,20,22-25,37,42H,6-19,21,34-35H2,1H3,(H2,36,43);8,12H,4-7H2,1-3H3;1,3-6,8H,7H2,(H,11,12)/b28-20-;;. The first-order valence-corrected chi connectivity index (χ1v) is 24.7. The summed E-state index contributed by atoms with van der Waals surface area (Å²) in [6, 6.07) is 15.9. The van der Waals surface area contributed by atoms with E-state index >= 15 is 0 Å². The number of β-amino-alcohol motifs (C(OH)–C–C–N with tert-alkyl or cyclic N) is 1. The largest absolute Gasteiger partial charge is 0.507 e. The number of aliphatic hydroxyl groups excluding tert-OH is 1. The van der Waals surface area contributed by atoms with Gasteiger partial charge in [0.1, 0.15) is 11.6 Å². The number of para-hydroxylation sites is 1. The van der Waals surface area contributed by atoms with Crippen molar-refractivity contribution in [2.24, 2.45) is 22.8 Å². The predicted molar refractivity (Wildman–Crippen MR) is 271 cm³/mol. The number of aliphatic hydroxyl groups is 1. The molecule has 4 aliphatic heterocycles. The maximum absolute atomic E-state index is 11.6. The number of primary amides is 1. The monoisotopic (exact) mass is 935 g/mol. The first kappa shape index (κ1) is 51.9. The molecule has 2 atom stereocenters. The number of anilines is 1. The molecule has 2 aromatic carbocycles. The Morgan fingerprint density at radius 3 is 2.13 bits per heavy atom. The molecule has 10 N–H and O–H groups in total. The normalized spacial score (nSPS) is 23.0. The van der Waals surface area contributed by atoms with Gasteiger partial charge in [-0.25, -0.2) is 4.79 Å². The number of piperazine rings is 1. The summed E-state index contributed by atoms with van der Waals surface area (Å²) in [6.45, 7) is 18.3. The van der Waals surface area contributed by atoms with Crippen LogP contribution >= 0.6 is 0 Å². The molecular formula is C53H78N10O5. The van der Waals surface area contributed by atoms with Crippen LogP contribution in [0.15, 0.2) is 48.5 Å². The molecule has 15 nitrogen and oxygen atoms in total. The number of benzene rings is 2. The minimum absolute atomic E-state index is 0.0463. The number of nitrogen functional groups attached to an aromatic ring is 1. The number of phenols is 1. The number of hydrogen-bond acceptors (Lipinski definition) is 10. The molecular weight excluding hydrogens is 857 g/mol. The molecule has 1 aliphatic carbocycles. The summed E-state index contributed by atoms with van der Waals surface area (Å²) in [5.74, 6) is 4.27. The van der Waals surface area contributed by atoms with Crippen molar-refractivity contribution < 1.29 is 24.6 Å². The van der Waals surface area contributed by atoms with E-state index in [9.17, 15) is 24.6 Å². The number of phenolic OH excluding ortho intramolecular Hbond substituents is 1. The first-order chi connectivity index (χ1) is 32.5. The number of nitrogens with zero attached hydrogens (tertiary/aromatic N) is 5. The van der Waals surface area contributed by atoms with Gasteiger partial charge in [0.15, 0.2) is 0 Å². The second-order valence-electron chi connectivity index (χ2n) is 20.6. The number of aromatic hydroxyl groups is 1. The van der Waals surface area contributed by atoms with Crippen LogP contribution in [0.1, 0.15) is 119 Å². The Labute approximate surface area is 404 Å². The van der Waals surface area contributed by atoms with Gasteiger partial charge in [-0.05, 0) is 118 Å². The number of aromatic amines is 1. The van der Waals surface area contributed by atoms with Crippen molar-refractivity contribution in [2.45, 2.75) is 116 Å². The molecule has 0 radical (unpaired) electrons. The highest BCUT2D eigenvalue weighted by molar-refractivity contribution is 5.86. The van der Waals surface area contributed by atoms with Crippen LogP contribution in [0, 0.1) is 23.7 Å². The average Bonchev–Trinajstić information content (AvgIpc) is 3.91. The lowest BCUT2D eigenvalue weighted by Crippen LogP contribution is -2.52. The minimum Gasteiger partial charge on any atom is -0.507 e. The maximum atomic E-state index is 11.6. The zero-order chi connectivity index (χ0) is 49.0. The van der Waals surface area contributed by atoms with Crippen LogP contribution in [0.25, 0.3) is 11.8 Å². The van der Waals surface area contributed by atoms with Crippen molar-refractivity contribution in [2.75, 3.05) is 71.2 Å². The van der Waals surface area contributed by atoms with Crippen molar-refractivity contribution in [3.05, 3.63) is 82.0 Å². The van der Waals surface area contributed by atoms with Gasteiger partial charge in [0.2, 0.25) is 12.3 Å². The number of fused-ring (bicyclic) bond motifs is 1. The van der Waals surface area contributed by atoms with Crippen LogP contribution in [-0.4, -0.2) is 142 Å². The number of aromatic nitrogens is 1. The van der Waals surface area contributed by atoms with Gasteiger partial charge in [0.25, 0.3) is 0 Å². The van der Waals surface area contributed by atoms with Gasteiger partial charge < -0.3 is 52.4 Å². The Morgan fingerprint density at radius 1 is 0.882 bits per heavy atom. The van der Waals surface area contributed by atoms with E-state index in [-0.39, 0.29) is 35.2 Å². The highest BCUT2D eigenvalue weighted by Gasteiger charge is 2.37. The van der Waals surface area contributed by atoms with Crippen LogP contribution < -0.4 is 22.5 Å². The Balaban J connectivity index is 0.000000247. The van der Waals surface area contributed by atoms with Gasteiger partial charge >= 0.3 is 6.03 Å². The molecule has 0 spiro atoms. The highest BCUT2D eigenvalue weighted by atomic mass is 16.3. The number of carbonyl (C=O) groups excluding carboxylic acids is 3. The lowest BCUT2D eigenvalue weighted by molar-refractivity contribution is -0.132. The first-order valence-electron chi connectivity index (χ1n) is 24.7. The van der Waals surface area contributed by atoms with E-state index in [1.807, 2.05) is 42.5 Å². The smallest absolute Gasteiger partial charge is 0.314 e. The Morgan fingerprint density at radius 2 is 1.54 bits per heavy atom. The molecule has 2 unspecified atom stereocenters. The van der Waals surface area contributed by atoms with Crippen LogP contribution in [0.5, 0.6) is 5.75 Å². The van der Waals surface area contributed by atoms with Crippen molar-refractivity contribution in [3.8, 4) is 18.1 Å². The number of urea groups is 1. The molecule has 4 fully saturated rings. The Hall–Kier alpha value is -5.53. The summed E-state index contributed by atoms with van der Waals surface area (Å²) < 4.78 is 0. The second kappa shape index (κ2) is 24.2.